The van der Waals surface area contributed by atoms with E-state index >= 15 is 0 Å². The Morgan fingerprint density at radius 3 is 2.53 bits per heavy atom. The summed E-state index contributed by atoms with van der Waals surface area (Å²) in [6, 6.07) is 8.62. The molecule has 0 radical (unpaired) electrons. The summed E-state index contributed by atoms with van der Waals surface area (Å²) in [5, 5.41) is 9.14. The van der Waals surface area contributed by atoms with Gasteiger partial charge in [0.05, 0.1) is 14.2 Å². The number of rotatable bonds is 4. The van der Waals surface area contributed by atoms with Crippen molar-refractivity contribution >= 4 is 5.97 Å². The number of benzene rings is 1. The highest BCUT2D eigenvalue weighted by atomic mass is 16.5. The smallest absolute Gasteiger partial charge is 0.355 e. The zero-order valence-electron chi connectivity index (χ0n) is 10.6. The summed E-state index contributed by atoms with van der Waals surface area (Å²) < 4.78 is 10.4. The molecule has 2 rings (SSSR count). The number of methoxy groups -OCH3 is 2. The lowest BCUT2D eigenvalue weighted by atomic mass is 10.0. The minimum Gasteiger partial charge on any atom is -0.493 e. The molecule has 0 bridgehead atoms. The third kappa shape index (κ3) is 2.49. The molecular formula is C14H13NO4. The number of pyridine rings is 1. The Bertz CT molecular complexity index is 610. The Morgan fingerprint density at radius 1 is 1.16 bits per heavy atom. The first kappa shape index (κ1) is 12.9. The summed E-state index contributed by atoms with van der Waals surface area (Å²) in [4.78, 5) is 15.0. The molecule has 1 N–H and O–H groups in total. The van der Waals surface area contributed by atoms with E-state index in [4.69, 9.17) is 14.6 Å². The van der Waals surface area contributed by atoms with Crippen LogP contribution in [0.4, 0.5) is 0 Å². The maximum absolute atomic E-state index is 11.2. The molecule has 0 unspecified atom stereocenters. The molecule has 0 aliphatic rings. The topological polar surface area (TPSA) is 68.7 Å². The number of aromatic carboxylic acids is 1. The van der Waals surface area contributed by atoms with Crippen LogP contribution in [0.2, 0.25) is 0 Å². The predicted octanol–water partition coefficient (Wildman–Crippen LogP) is 2.46. The largest absolute Gasteiger partial charge is 0.493 e. The predicted molar refractivity (Wildman–Crippen MR) is 69.7 cm³/mol. The Kier molecular flexibility index (Phi) is 3.66. The third-order valence-electron chi connectivity index (χ3n) is 2.70. The summed E-state index contributed by atoms with van der Waals surface area (Å²) in [5.74, 6) is 0.0672. The second-order valence-corrected chi connectivity index (χ2v) is 3.77. The van der Waals surface area contributed by atoms with Crippen molar-refractivity contribution in [3.8, 4) is 22.6 Å². The first-order valence-corrected chi connectivity index (χ1v) is 5.58. The van der Waals surface area contributed by atoms with Crippen LogP contribution in [0.25, 0.3) is 11.1 Å². The van der Waals surface area contributed by atoms with Crippen molar-refractivity contribution in [1.82, 2.24) is 4.98 Å². The average molecular weight is 259 g/mol. The fourth-order valence-electron chi connectivity index (χ4n) is 1.81. The summed E-state index contributed by atoms with van der Waals surface area (Å²) in [6.07, 6.45) is 1.45. The molecule has 0 saturated carbocycles. The molecule has 0 saturated heterocycles. The summed E-state index contributed by atoms with van der Waals surface area (Å²) in [7, 11) is 3.08. The van der Waals surface area contributed by atoms with E-state index in [0.717, 1.165) is 0 Å². The van der Waals surface area contributed by atoms with Crippen LogP contribution in [0.3, 0.4) is 0 Å². The van der Waals surface area contributed by atoms with Gasteiger partial charge in [-0.3, -0.25) is 0 Å². The summed E-state index contributed by atoms with van der Waals surface area (Å²) in [5.41, 5.74) is 1.26. The molecule has 2 aromatic rings. The Hall–Kier alpha value is -2.56. The van der Waals surface area contributed by atoms with Gasteiger partial charge < -0.3 is 14.6 Å². The van der Waals surface area contributed by atoms with Crippen LogP contribution in [0, 0.1) is 0 Å². The van der Waals surface area contributed by atoms with Gasteiger partial charge in [0.15, 0.2) is 17.2 Å². The van der Waals surface area contributed by atoms with Crippen LogP contribution in [-0.4, -0.2) is 30.3 Å². The number of aromatic nitrogens is 1. The molecule has 1 aromatic heterocycles. The van der Waals surface area contributed by atoms with Crippen molar-refractivity contribution in [2.24, 2.45) is 0 Å². The van der Waals surface area contributed by atoms with Crippen molar-refractivity contribution in [2.75, 3.05) is 14.2 Å². The Labute approximate surface area is 110 Å². The zero-order chi connectivity index (χ0) is 13.8. The molecule has 19 heavy (non-hydrogen) atoms. The number of hydrogen-bond donors (Lipinski definition) is 1. The van der Waals surface area contributed by atoms with Gasteiger partial charge in [0.25, 0.3) is 0 Å². The highest BCUT2D eigenvalue weighted by Gasteiger charge is 2.14. The van der Waals surface area contributed by atoms with Gasteiger partial charge in [-0.05, 0) is 23.8 Å². The highest BCUT2D eigenvalue weighted by Crippen LogP contribution is 2.33. The van der Waals surface area contributed by atoms with E-state index in [1.165, 1.54) is 13.3 Å². The quantitative estimate of drug-likeness (QED) is 0.913. The van der Waals surface area contributed by atoms with Gasteiger partial charge in [0.2, 0.25) is 0 Å². The van der Waals surface area contributed by atoms with E-state index in [-0.39, 0.29) is 5.69 Å². The molecule has 0 fully saturated rings. The van der Waals surface area contributed by atoms with E-state index in [9.17, 15) is 4.79 Å². The van der Waals surface area contributed by atoms with Gasteiger partial charge in [-0.25, -0.2) is 9.78 Å². The molecule has 0 spiro atoms. The van der Waals surface area contributed by atoms with Gasteiger partial charge >= 0.3 is 5.97 Å². The first-order valence-electron chi connectivity index (χ1n) is 5.58. The third-order valence-corrected chi connectivity index (χ3v) is 2.70. The van der Waals surface area contributed by atoms with Crippen LogP contribution < -0.4 is 9.47 Å². The van der Waals surface area contributed by atoms with Crippen LogP contribution in [0.1, 0.15) is 10.5 Å². The van der Waals surface area contributed by atoms with Gasteiger partial charge in [-0.2, -0.15) is 0 Å². The van der Waals surface area contributed by atoms with Crippen LogP contribution in [-0.2, 0) is 0 Å². The molecule has 0 atom stereocenters. The maximum atomic E-state index is 11.2. The van der Waals surface area contributed by atoms with Gasteiger partial charge in [-0.1, -0.05) is 12.1 Å². The first-order chi connectivity index (χ1) is 9.17. The number of nitrogens with zero attached hydrogens (tertiary/aromatic N) is 1. The Morgan fingerprint density at radius 2 is 1.89 bits per heavy atom. The lowest BCUT2D eigenvalue weighted by Gasteiger charge is -2.10. The second-order valence-electron chi connectivity index (χ2n) is 3.77. The van der Waals surface area contributed by atoms with E-state index in [1.54, 1.807) is 37.4 Å². The standard InChI is InChI=1S/C14H13NO4/c1-18-11-6-5-9(8-12(11)19-2)10-4-3-7-15-13(10)14(16)17/h3-8H,1-2H3,(H,16,17). The molecule has 5 heteroatoms. The number of carbonyl (C=O) groups is 1. The lowest BCUT2D eigenvalue weighted by molar-refractivity contribution is 0.0691. The zero-order valence-corrected chi connectivity index (χ0v) is 10.6. The molecule has 0 amide bonds. The summed E-state index contributed by atoms with van der Waals surface area (Å²) in [6.45, 7) is 0. The van der Waals surface area contributed by atoms with Crippen LogP contribution in [0.5, 0.6) is 11.5 Å². The van der Waals surface area contributed by atoms with Gasteiger partial charge in [0.1, 0.15) is 0 Å². The van der Waals surface area contributed by atoms with E-state index in [2.05, 4.69) is 4.98 Å². The van der Waals surface area contributed by atoms with Crippen molar-refractivity contribution in [3.63, 3.8) is 0 Å². The van der Waals surface area contributed by atoms with Crippen molar-refractivity contribution in [3.05, 3.63) is 42.2 Å². The minimum absolute atomic E-state index is 0.00900. The molecule has 1 aromatic carbocycles. The lowest BCUT2D eigenvalue weighted by Crippen LogP contribution is -2.02. The number of carboxylic acid groups (broad SMARTS) is 1. The molecule has 0 aliphatic carbocycles. The second kappa shape index (κ2) is 5.39. The highest BCUT2D eigenvalue weighted by molar-refractivity contribution is 5.94. The molecule has 5 nitrogen and oxygen atoms in total. The Balaban J connectivity index is 2.56. The van der Waals surface area contributed by atoms with E-state index in [0.29, 0.717) is 22.6 Å². The number of ether oxygens (including phenoxy) is 2. The van der Waals surface area contributed by atoms with E-state index in [1.807, 2.05) is 0 Å². The number of carboxylic acids is 1. The van der Waals surface area contributed by atoms with Crippen molar-refractivity contribution in [1.29, 1.82) is 0 Å². The molecule has 0 aliphatic heterocycles. The maximum Gasteiger partial charge on any atom is 0.355 e. The van der Waals surface area contributed by atoms with Gasteiger partial charge in [-0.15, -0.1) is 0 Å². The monoisotopic (exact) mass is 259 g/mol. The average Bonchev–Trinajstić information content (AvgIpc) is 2.46. The fourth-order valence-corrected chi connectivity index (χ4v) is 1.81. The minimum atomic E-state index is -1.06. The van der Waals surface area contributed by atoms with Gasteiger partial charge in [0, 0.05) is 11.8 Å². The van der Waals surface area contributed by atoms with Crippen LogP contribution >= 0.6 is 0 Å². The SMILES string of the molecule is COc1ccc(-c2cccnc2C(=O)O)cc1OC. The molecule has 1 heterocycles. The number of hydrogen-bond acceptors (Lipinski definition) is 4. The van der Waals surface area contributed by atoms with Crippen molar-refractivity contribution < 1.29 is 19.4 Å². The summed E-state index contributed by atoms with van der Waals surface area (Å²) >= 11 is 0. The normalized spacial score (nSPS) is 10.0. The van der Waals surface area contributed by atoms with Crippen molar-refractivity contribution in [2.45, 2.75) is 0 Å². The molecule has 98 valence electrons. The van der Waals surface area contributed by atoms with E-state index < -0.39 is 5.97 Å². The molecular weight excluding hydrogens is 246 g/mol. The van der Waals surface area contributed by atoms with Crippen LogP contribution in [0.15, 0.2) is 36.5 Å². The fraction of sp³-hybridized carbons (Fsp3) is 0.143.